The lowest BCUT2D eigenvalue weighted by Gasteiger charge is -2.04. The second kappa shape index (κ2) is 5.54. The maximum absolute atomic E-state index is 10.4. The van der Waals surface area contributed by atoms with E-state index in [0.29, 0.717) is 23.3 Å². The second-order valence-electron chi connectivity index (χ2n) is 3.55. The van der Waals surface area contributed by atoms with Crippen molar-refractivity contribution in [1.82, 2.24) is 9.55 Å². The molecule has 0 spiro atoms. The van der Waals surface area contributed by atoms with Gasteiger partial charge in [-0.3, -0.25) is 0 Å². The molecule has 0 aromatic carbocycles. The van der Waals surface area contributed by atoms with Gasteiger partial charge in [-0.2, -0.15) is 0 Å². The Morgan fingerprint density at radius 3 is 3.11 bits per heavy atom. The van der Waals surface area contributed by atoms with Crippen molar-refractivity contribution >= 4 is 17.5 Å². The summed E-state index contributed by atoms with van der Waals surface area (Å²) in [4.78, 5) is 14.3. The van der Waals surface area contributed by atoms with Gasteiger partial charge in [0.1, 0.15) is 6.61 Å². The number of hydrogen-bond acceptors (Lipinski definition) is 5. The normalized spacial score (nSPS) is 10.3. The third-order valence-corrected chi connectivity index (χ3v) is 3.21. The number of aromatic nitrogens is 2. The molecule has 0 saturated heterocycles. The third kappa shape index (κ3) is 3.24. The molecule has 0 saturated carbocycles. The summed E-state index contributed by atoms with van der Waals surface area (Å²) in [6, 6.07) is 1.64. The number of carboxylic acid groups (broad SMARTS) is 1. The van der Waals surface area contributed by atoms with Crippen LogP contribution in [0.5, 0.6) is 10.1 Å². The second-order valence-corrected chi connectivity index (χ2v) is 4.53. The topological polar surface area (TPSA) is 73.6 Å². The van der Waals surface area contributed by atoms with E-state index < -0.39 is 6.16 Å². The predicted molar refractivity (Wildman–Crippen MR) is 65.4 cm³/mol. The molecule has 0 fully saturated rings. The Bertz CT molecular complexity index is 521. The van der Waals surface area contributed by atoms with Crippen LogP contribution in [-0.2, 0) is 6.54 Å². The summed E-state index contributed by atoms with van der Waals surface area (Å²) in [6.45, 7) is 3.02. The molecule has 0 atom stereocenters. The van der Waals surface area contributed by atoms with Crippen molar-refractivity contribution in [1.29, 1.82) is 0 Å². The number of nitrogens with zero attached hydrogens (tertiary/aromatic N) is 2. The van der Waals surface area contributed by atoms with E-state index in [2.05, 4.69) is 9.72 Å². The van der Waals surface area contributed by atoms with Gasteiger partial charge in [-0.05, 0) is 13.0 Å². The number of ether oxygens (including phenoxy) is 2. The van der Waals surface area contributed by atoms with E-state index in [1.165, 1.54) is 11.3 Å². The average molecular weight is 268 g/mol. The van der Waals surface area contributed by atoms with Crippen molar-refractivity contribution in [3.63, 3.8) is 0 Å². The van der Waals surface area contributed by atoms with Crippen LogP contribution in [0.1, 0.15) is 5.56 Å². The van der Waals surface area contributed by atoms with Crippen LogP contribution in [0.15, 0.2) is 24.8 Å². The van der Waals surface area contributed by atoms with Crippen molar-refractivity contribution in [3.8, 4) is 10.1 Å². The first-order valence-corrected chi connectivity index (χ1v) is 6.06. The number of thiophene rings is 1. The minimum Gasteiger partial charge on any atom is -0.482 e. The molecular formula is C11H12N2O4S. The van der Waals surface area contributed by atoms with E-state index in [4.69, 9.17) is 9.84 Å². The Morgan fingerprint density at radius 1 is 1.61 bits per heavy atom. The zero-order valence-corrected chi connectivity index (χ0v) is 10.5. The van der Waals surface area contributed by atoms with Crippen LogP contribution in [0.4, 0.5) is 4.79 Å². The van der Waals surface area contributed by atoms with Gasteiger partial charge in [0.25, 0.3) is 0 Å². The molecule has 2 rings (SSSR count). The average Bonchev–Trinajstić information content (AvgIpc) is 2.89. The van der Waals surface area contributed by atoms with Crippen LogP contribution in [-0.4, -0.2) is 27.4 Å². The van der Waals surface area contributed by atoms with Gasteiger partial charge in [-0.1, -0.05) is 11.3 Å². The summed E-state index contributed by atoms with van der Waals surface area (Å²) >= 11 is 1.17. The molecule has 0 aliphatic carbocycles. The molecule has 0 amide bonds. The first-order valence-electron chi connectivity index (χ1n) is 5.25. The smallest absolute Gasteiger partial charge is 0.482 e. The lowest BCUT2D eigenvalue weighted by atomic mass is 10.4. The maximum Gasteiger partial charge on any atom is 0.512 e. The van der Waals surface area contributed by atoms with Gasteiger partial charge in [0.05, 0.1) is 12.9 Å². The number of aryl methyl sites for hydroxylation is 1. The van der Waals surface area contributed by atoms with Crippen molar-refractivity contribution in [2.75, 3.05) is 6.61 Å². The monoisotopic (exact) mass is 268 g/mol. The first kappa shape index (κ1) is 12.4. The summed E-state index contributed by atoms with van der Waals surface area (Å²) in [5.74, 6) is 0. The van der Waals surface area contributed by atoms with E-state index in [1.807, 2.05) is 17.7 Å². The minimum atomic E-state index is -1.32. The third-order valence-electron chi connectivity index (χ3n) is 2.18. The fraction of sp³-hybridized carbons (Fsp3) is 0.273. The Hall–Kier alpha value is -2.02. The molecule has 6 nitrogen and oxygen atoms in total. The predicted octanol–water partition coefficient (Wildman–Crippen LogP) is 2.39. The Balaban J connectivity index is 1.89. The number of carbonyl (C=O) groups is 1. The van der Waals surface area contributed by atoms with E-state index in [-0.39, 0.29) is 0 Å². The zero-order valence-electron chi connectivity index (χ0n) is 9.70. The van der Waals surface area contributed by atoms with Crippen LogP contribution in [0.2, 0.25) is 0 Å². The number of imidazole rings is 1. The van der Waals surface area contributed by atoms with Gasteiger partial charge in [-0.25, -0.2) is 9.78 Å². The largest absolute Gasteiger partial charge is 0.512 e. The van der Waals surface area contributed by atoms with E-state index >= 15 is 0 Å². The standard InChI is InChI=1S/C11H12N2O4S/c1-8-6-9(17-11(14)15)18-10(8)16-5-4-13-3-2-12-7-13/h2-3,6-7H,4-5H2,1H3,(H,14,15). The lowest BCUT2D eigenvalue weighted by molar-refractivity contribution is 0.146. The fourth-order valence-electron chi connectivity index (χ4n) is 1.38. The van der Waals surface area contributed by atoms with Gasteiger partial charge in [0, 0.05) is 18.0 Å². The van der Waals surface area contributed by atoms with Crippen LogP contribution < -0.4 is 9.47 Å². The summed E-state index contributed by atoms with van der Waals surface area (Å²) < 4.78 is 12.0. The van der Waals surface area contributed by atoms with Gasteiger partial charge < -0.3 is 19.1 Å². The van der Waals surface area contributed by atoms with Crippen molar-refractivity contribution in [2.45, 2.75) is 13.5 Å². The van der Waals surface area contributed by atoms with Crippen LogP contribution in [0.3, 0.4) is 0 Å². The molecule has 96 valence electrons. The molecule has 2 aromatic rings. The highest BCUT2D eigenvalue weighted by atomic mass is 32.1. The van der Waals surface area contributed by atoms with Gasteiger partial charge in [0.2, 0.25) is 0 Å². The highest BCUT2D eigenvalue weighted by Gasteiger charge is 2.10. The van der Waals surface area contributed by atoms with Crippen LogP contribution >= 0.6 is 11.3 Å². The van der Waals surface area contributed by atoms with Gasteiger partial charge >= 0.3 is 6.16 Å². The van der Waals surface area contributed by atoms with Crippen LogP contribution in [0.25, 0.3) is 0 Å². The molecule has 0 bridgehead atoms. The molecule has 0 unspecified atom stereocenters. The number of rotatable bonds is 5. The molecule has 0 aliphatic heterocycles. The maximum atomic E-state index is 10.4. The lowest BCUT2D eigenvalue weighted by Crippen LogP contribution is -2.06. The van der Waals surface area contributed by atoms with Crippen LogP contribution in [0, 0.1) is 6.92 Å². The van der Waals surface area contributed by atoms with Crippen molar-refractivity contribution < 1.29 is 19.4 Å². The SMILES string of the molecule is Cc1cc(OC(=O)O)sc1OCCn1ccnc1. The number of hydrogen-bond donors (Lipinski definition) is 1. The minimum absolute atomic E-state index is 0.317. The summed E-state index contributed by atoms with van der Waals surface area (Å²) in [6.07, 6.45) is 3.95. The van der Waals surface area contributed by atoms with E-state index in [0.717, 1.165) is 5.56 Å². The molecule has 0 aliphatic rings. The van der Waals surface area contributed by atoms with Crippen molar-refractivity contribution in [3.05, 3.63) is 30.4 Å². The molecule has 18 heavy (non-hydrogen) atoms. The van der Waals surface area contributed by atoms with Gasteiger partial charge in [-0.15, -0.1) is 0 Å². The molecule has 2 aromatic heterocycles. The van der Waals surface area contributed by atoms with Crippen molar-refractivity contribution in [2.24, 2.45) is 0 Å². The fourth-order valence-corrected chi connectivity index (χ4v) is 2.27. The summed E-state index contributed by atoms with van der Waals surface area (Å²) in [7, 11) is 0. The molecule has 1 N–H and O–H groups in total. The Labute approximate surface area is 107 Å². The molecule has 0 radical (unpaired) electrons. The van der Waals surface area contributed by atoms with Gasteiger partial charge in [0.15, 0.2) is 10.1 Å². The quantitative estimate of drug-likeness (QED) is 0.843. The highest BCUT2D eigenvalue weighted by Crippen LogP contribution is 2.35. The summed E-state index contributed by atoms with van der Waals surface area (Å²) in [5.41, 5.74) is 0.863. The van der Waals surface area contributed by atoms with E-state index in [9.17, 15) is 4.79 Å². The first-order chi connectivity index (χ1) is 8.65. The zero-order chi connectivity index (χ0) is 13.0. The Kier molecular flexibility index (Phi) is 3.83. The summed E-state index contributed by atoms with van der Waals surface area (Å²) in [5, 5.41) is 9.49. The molecule has 2 heterocycles. The highest BCUT2D eigenvalue weighted by molar-refractivity contribution is 7.15. The van der Waals surface area contributed by atoms with E-state index in [1.54, 1.807) is 18.6 Å². The Morgan fingerprint density at radius 2 is 2.44 bits per heavy atom. The molecule has 7 heteroatoms. The molecular weight excluding hydrogens is 256 g/mol.